The quantitative estimate of drug-likeness (QED) is 0.882. The number of rotatable bonds is 4. The van der Waals surface area contributed by atoms with Crippen LogP contribution in [0.25, 0.3) is 0 Å². The first-order chi connectivity index (χ1) is 10.1. The number of ether oxygens (including phenoxy) is 2. The summed E-state index contributed by atoms with van der Waals surface area (Å²) < 4.78 is 11.4. The number of halogens is 1. The van der Waals surface area contributed by atoms with Crippen molar-refractivity contribution in [2.75, 3.05) is 12.4 Å². The number of aryl methyl sites for hydroxylation is 1. The van der Waals surface area contributed by atoms with Crippen molar-refractivity contribution in [3.8, 4) is 5.75 Å². The van der Waals surface area contributed by atoms with Crippen molar-refractivity contribution in [3.05, 3.63) is 58.1 Å². The Morgan fingerprint density at radius 2 is 1.95 bits per heavy atom. The molecular weight excluding hydrogens is 334 g/mol. The lowest BCUT2D eigenvalue weighted by atomic mass is 10.2. The number of carbonyl (C=O) groups is 1. The fourth-order valence-electron chi connectivity index (χ4n) is 1.89. The van der Waals surface area contributed by atoms with Gasteiger partial charge in [-0.15, -0.1) is 0 Å². The number of hydrogen-bond acceptors (Lipinski definition) is 3. The van der Waals surface area contributed by atoms with Gasteiger partial charge >= 0.3 is 6.09 Å². The van der Waals surface area contributed by atoms with Gasteiger partial charge < -0.3 is 9.47 Å². The van der Waals surface area contributed by atoms with E-state index in [9.17, 15) is 4.79 Å². The molecule has 0 bridgehead atoms. The Bertz CT molecular complexity index is 629. The van der Waals surface area contributed by atoms with Crippen molar-refractivity contribution >= 4 is 27.7 Å². The van der Waals surface area contributed by atoms with E-state index >= 15 is 0 Å². The maximum atomic E-state index is 11.9. The van der Waals surface area contributed by atoms with Gasteiger partial charge in [-0.25, -0.2) is 4.79 Å². The van der Waals surface area contributed by atoms with E-state index in [4.69, 9.17) is 9.47 Å². The van der Waals surface area contributed by atoms with Crippen molar-refractivity contribution in [2.24, 2.45) is 0 Å². The van der Waals surface area contributed by atoms with E-state index in [1.54, 1.807) is 13.2 Å². The molecular formula is C16H16BrNO3. The van der Waals surface area contributed by atoms with E-state index in [0.29, 0.717) is 11.4 Å². The van der Waals surface area contributed by atoms with Crippen LogP contribution in [-0.2, 0) is 11.3 Å². The summed E-state index contributed by atoms with van der Waals surface area (Å²) in [6, 6.07) is 13.2. The van der Waals surface area contributed by atoms with Crippen molar-refractivity contribution < 1.29 is 14.3 Å². The zero-order valence-corrected chi connectivity index (χ0v) is 13.4. The molecule has 4 nitrogen and oxygen atoms in total. The number of anilines is 1. The molecule has 2 rings (SSSR count). The monoisotopic (exact) mass is 349 g/mol. The Morgan fingerprint density at radius 1 is 1.24 bits per heavy atom. The second kappa shape index (κ2) is 7.13. The number of hydrogen-bond donors (Lipinski definition) is 1. The minimum absolute atomic E-state index is 0.227. The average molecular weight is 350 g/mol. The van der Waals surface area contributed by atoms with E-state index in [1.165, 1.54) is 0 Å². The van der Waals surface area contributed by atoms with Crippen molar-refractivity contribution in [1.82, 2.24) is 0 Å². The molecule has 1 amide bonds. The summed E-state index contributed by atoms with van der Waals surface area (Å²) in [5, 5.41) is 2.72. The molecule has 1 N–H and O–H groups in total. The number of amides is 1. The van der Waals surface area contributed by atoms with Crippen molar-refractivity contribution in [3.63, 3.8) is 0 Å². The molecule has 2 aromatic carbocycles. The van der Waals surface area contributed by atoms with E-state index in [2.05, 4.69) is 21.2 Å². The largest absolute Gasteiger partial charge is 0.495 e. The molecule has 0 aromatic heterocycles. The van der Waals surface area contributed by atoms with Gasteiger partial charge in [0.05, 0.1) is 12.8 Å². The molecule has 0 radical (unpaired) electrons. The predicted molar refractivity (Wildman–Crippen MR) is 85.7 cm³/mol. The molecule has 0 aliphatic rings. The molecule has 0 saturated heterocycles. The second-order valence-corrected chi connectivity index (χ2v) is 5.40. The Morgan fingerprint density at radius 3 is 2.62 bits per heavy atom. The highest BCUT2D eigenvalue weighted by Gasteiger charge is 2.12. The van der Waals surface area contributed by atoms with E-state index in [0.717, 1.165) is 15.6 Å². The fourth-order valence-corrected chi connectivity index (χ4v) is 2.45. The van der Waals surface area contributed by atoms with E-state index in [1.807, 2.05) is 43.3 Å². The Kier molecular flexibility index (Phi) is 5.22. The maximum Gasteiger partial charge on any atom is 0.412 e. The molecule has 0 unspecified atom stereocenters. The van der Waals surface area contributed by atoms with Crippen LogP contribution in [0.3, 0.4) is 0 Å². The van der Waals surface area contributed by atoms with Crippen LogP contribution in [0.5, 0.6) is 5.75 Å². The average Bonchev–Trinajstić information content (AvgIpc) is 2.48. The Labute approximate surface area is 132 Å². The van der Waals surface area contributed by atoms with Crippen LogP contribution in [0.1, 0.15) is 11.1 Å². The third kappa shape index (κ3) is 4.23. The summed E-state index contributed by atoms with van der Waals surface area (Å²) in [4.78, 5) is 11.9. The van der Waals surface area contributed by atoms with Gasteiger partial charge in [-0.05, 0) is 30.2 Å². The van der Waals surface area contributed by atoms with Crippen molar-refractivity contribution in [1.29, 1.82) is 0 Å². The lowest BCUT2D eigenvalue weighted by molar-refractivity contribution is 0.155. The Balaban J connectivity index is 2.03. The van der Waals surface area contributed by atoms with E-state index in [-0.39, 0.29) is 6.61 Å². The lowest BCUT2D eigenvalue weighted by Crippen LogP contribution is -2.15. The SMILES string of the molecule is COc1cc(Br)cc(C)c1NC(=O)OCc1ccccc1. The minimum atomic E-state index is -0.512. The third-order valence-electron chi connectivity index (χ3n) is 2.92. The summed E-state index contributed by atoms with van der Waals surface area (Å²) in [7, 11) is 1.56. The van der Waals surface area contributed by atoms with Crippen LogP contribution in [0.2, 0.25) is 0 Å². The highest BCUT2D eigenvalue weighted by Crippen LogP contribution is 2.32. The van der Waals surface area contributed by atoms with Gasteiger partial charge in [-0.2, -0.15) is 0 Å². The molecule has 0 aliphatic heterocycles. The standard InChI is InChI=1S/C16H16BrNO3/c1-11-8-13(17)9-14(20-2)15(11)18-16(19)21-10-12-6-4-3-5-7-12/h3-9H,10H2,1-2H3,(H,18,19). The number of methoxy groups -OCH3 is 1. The number of nitrogens with one attached hydrogen (secondary N) is 1. The fraction of sp³-hybridized carbons (Fsp3) is 0.188. The molecule has 5 heteroatoms. The van der Waals surface area contributed by atoms with Crippen LogP contribution < -0.4 is 10.1 Å². The summed E-state index contributed by atoms with van der Waals surface area (Å²) in [6.07, 6.45) is -0.512. The molecule has 0 fully saturated rings. The van der Waals surface area contributed by atoms with Gasteiger partial charge in [-0.1, -0.05) is 46.3 Å². The number of benzene rings is 2. The highest BCUT2D eigenvalue weighted by atomic mass is 79.9. The Hall–Kier alpha value is -2.01. The summed E-state index contributed by atoms with van der Waals surface area (Å²) >= 11 is 3.39. The van der Waals surface area contributed by atoms with Crippen LogP contribution >= 0.6 is 15.9 Å². The smallest absolute Gasteiger partial charge is 0.412 e. The molecule has 21 heavy (non-hydrogen) atoms. The normalized spacial score (nSPS) is 10.0. The van der Waals surface area contributed by atoms with Gasteiger partial charge in [0, 0.05) is 4.47 Å². The van der Waals surface area contributed by atoms with Crippen LogP contribution in [0, 0.1) is 6.92 Å². The lowest BCUT2D eigenvalue weighted by Gasteiger charge is -2.13. The van der Waals surface area contributed by atoms with Crippen LogP contribution in [0.4, 0.5) is 10.5 Å². The molecule has 0 atom stereocenters. The van der Waals surface area contributed by atoms with Crippen LogP contribution in [0.15, 0.2) is 46.9 Å². The third-order valence-corrected chi connectivity index (χ3v) is 3.38. The first-order valence-electron chi connectivity index (χ1n) is 6.42. The molecule has 0 saturated carbocycles. The van der Waals surface area contributed by atoms with Gasteiger partial charge in [-0.3, -0.25) is 5.32 Å². The summed E-state index contributed by atoms with van der Waals surface area (Å²) in [6.45, 7) is 2.12. The zero-order valence-electron chi connectivity index (χ0n) is 11.9. The van der Waals surface area contributed by atoms with E-state index < -0.39 is 6.09 Å². The second-order valence-electron chi connectivity index (χ2n) is 4.49. The van der Waals surface area contributed by atoms with Gasteiger partial charge in [0.25, 0.3) is 0 Å². The zero-order chi connectivity index (χ0) is 15.2. The molecule has 2 aromatic rings. The topological polar surface area (TPSA) is 47.6 Å². The molecule has 0 spiro atoms. The molecule has 110 valence electrons. The number of carbonyl (C=O) groups excluding carboxylic acids is 1. The summed E-state index contributed by atoms with van der Waals surface area (Å²) in [5.74, 6) is 0.582. The van der Waals surface area contributed by atoms with Crippen LogP contribution in [-0.4, -0.2) is 13.2 Å². The minimum Gasteiger partial charge on any atom is -0.495 e. The first-order valence-corrected chi connectivity index (χ1v) is 7.21. The molecule has 0 heterocycles. The van der Waals surface area contributed by atoms with Gasteiger partial charge in [0.2, 0.25) is 0 Å². The van der Waals surface area contributed by atoms with Gasteiger partial charge in [0.1, 0.15) is 12.4 Å². The van der Waals surface area contributed by atoms with Gasteiger partial charge in [0.15, 0.2) is 0 Å². The summed E-state index contributed by atoms with van der Waals surface area (Å²) in [5.41, 5.74) is 2.43. The predicted octanol–water partition coefficient (Wildman–Crippen LogP) is 4.51. The maximum absolute atomic E-state index is 11.9. The van der Waals surface area contributed by atoms with Crippen molar-refractivity contribution in [2.45, 2.75) is 13.5 Å². The highest BCUT2D eigenvalue weighted by molar-refractivity contribution is 9.10. The molecule has 0 aliphatic carbocycles. The first kappa shape index (κ1) is 15.4.